The average molecular weight is 534 g/mol. The highest BCUT2D eigenvalue weighted by molar-refractivity contribution is 8.26. The van der Waals surface area contributed by atoms with Crippen molar-refractivity contribution in [3.63, 3.8) is 0 Å². The molecule has 2 aromatic heterocycles. The van der Waals surface area contributed by atoms with Crippen molar-refractivity contribution in [3.05, 3.63) is 80.6 Å². The van der Waals surface area contributed by atoms with Gasteiger partial charge in [-0.25, -0.2) is 4.98 Å². The predicted molar refractivity (Wildman–Crippen MR) is 155 cm³/mol. The number of nitrogens with zero attached hydrogens (tertiary/aromatic N) is 5. The third kappa shape index (κ3) is 5.35. The van der Waals surface area contributed by atoms with Crippen LogP contribution in [0.4, 0.5) is 5.82 Å². The Hall–Kier alpha value is -3.01. The van der Waals surface area contributed by atoms with Crippen LogP contribution in [-0.4, -0.2) is 62.1 Å². The minimum atomic E-state index is -0.176. The molecule has 2 fully saturated rings. The van der Waals surface area contributed by atoms with Crippen LogP contribution in [0.3, 0.4) is 0 Å². The van der Waals surface area contributed by atoms with Gasteiger partial charge in [-0.05, 0) is 36.1 Å². The molecular formula is C28H31N5O2S2. The molecule has 1 amide bonds. The molecule has 5 rings (SSSR count). The lowest BCUT2D eigenvalue weighted by atomic mass is 10.1. The summed E-state index contributed by atoms with van der Waals surface area (Å²) in [6, 6.07) is 14.3. The Morgan fingerprint density at radius 3 is 2.49 bits per heavy atom. The van der Waals surface area contributed by atoms with Gasteiger partial charge in [0, 0.05) is 45.5 Å². The summed E-state index contributed by atoms with van der Waals surface area (Å²) in [6.45, 7) is 10.7. The van der Waals surface area contributed by atoms with Gasteiger partial charge in [-0.15, -0.1) is 0 Å². The summed E-state index contributed by atoms with van der Waals surface area (Å²) in [5.41, 5.74) is 3.11. The van der Waals surface area contributed by atoms with Gasteiger partial charge in [0.05, 0.1) is 10.5 Å². The van der Waals surface area contributed by atoms with Gasteiger partial charge in [-0.1, -0.05) is 74.2 Å². The standard InChI is InChI=1S/C28H31N5O2S2/c1-19(2)17-33-27(35)23(37-28(33)36)16-22-25(29-24-20(3)8-7-11-32(24)26(22)34)31-14-12-30(13-15-31)18-21-9-5-4-6-10-21/h4-11,16,19H,12-15,17-18H2,1-3H3/b23-16-. The van der Waals surface area contributed by atoms with E-state index in [9.17, 15) is 9.59 Å². The van der Waals surface area contributed by atoms with Gasteiger partial charge in [0.2, 0.25) is 0 Å². The van der Waals surface area contributed by atoms with Crippen molar-refractivity contribution in [3.8, 4) is 0 Å². The minimum Gasteiger partial charge on any atom is -0.353 e. The van der Waals surface area contributed by atoms with Gasteiger partial charge < -0.3 is 4.90 Å². The first-order valence-electron chi connectivity index (χ1n) is 12.6. The number of hydrogen-bond acceptors (Lipinski definition) is 7. The zero-order chi connectivity index (χ0) is 26.1. The summed E-state index contributed by atoms with van der Waals surface area (Å²) in [5, 5.41) is 0. The fraction of sp³-hybridized carbons (Fsp3) is 0.357. The zero-order valence-corrected chi connectivity index (χ0v) is 23.0. The van der Waals surface area contributed by atoms with Crippen LogP contribution in [0.5, 0.6) is 0 Å². The van der Waals surface area contributed by atoms with Crippen molar-refractivity contribution in [2.75, 3.05) is 37.6 Å². The van der Waals surface area contributed by atoms with Crippen molar-refractivity contribution in [2.24, 2.45) is 5.92 Å². The smallest absolute Gasteiger partial charge is 0.267 e. The lowest BCUT2D eigenvalue weighted by Gasteiger charge is -2.36. The van der Waals surface area contributed by atoms with Gasteiger partial charge >= 0.3 is 0 Å². The molecule has 2 aliphatic rings. The summed E-state index contributed by atoms with van der Waals surface area (Å²) in [4.78, 5) is 38.6. The predicted octanol–water partition coefficient (Wildman–Crippen LogP) is 4.18. The number of amides is 1. The van der Waals surface area contributed by atoms with E-state index in [1.807, 2.05) is 25.1 Å². The summed E-state index contributed by atoms with van der Waals surface area (Å²) in [6.07, 6.45) is 3.44. The number of thiocarbonyl (C=S) groups is 1. The quantitative estimate of drug-likeness (QED) is 0.348. The number of aryl methyl sites for hydroxylation is 1. The Morgan fingerprint density at radius 2 is 1.78 bits per heavy atom. The van der Waals surface area contributed by atoms with E-state index in [2.05, 4.69) is 47.9 Å². The Bertz CT molecular complexity index is 1430. The molecule has 3 aromatic rings. The molecule has 2 aliphatic heterocycles. The summed E-state index contributed by atoms with van der Waals surface area (Å²) in [7, 11) is 0. The zero-order valence-electron chi connectivity index (χ0n) is 21.4. The first-order chi connectivity index (χ1) is 17.8. The molecule has 1 aromatic carbocycles. The molecule has 0 aliphatic carbocycles. The number of pyridine rings is 1. The number of carbonyl (C=O) groups is 1. The number of piperazine rings is 1. The van der Waals surface area contributed by atoms with Crippen LogP contribution in [0, 0.1) is 12.8 Å². The number of thioether (sulfide) groups is 1. The summed E-state index contributed by atoms with van der Waals surface area (Å²) in [5.74, 6) is 0.782. The van der Waals surface area contributed by atoms with E-state index < -0.39 is 0 Å². The van der Waals surface area contributed by atoms with Crippen molar-refractivity contribution < 1.29 is 4.79 Å². The van der Waals surface area contributed by atoms with Crippen LogP contribution in [0.15, 0.2) is 58.4 Å². The van der Waals surface area contributed by atoms with E-state index >= 15 is 0 Å². The number of aromatic nitrogens is 2. The maximum atomic E-state index is 13.8. The second-order valence-corrected chi connectivity index (χ2v) is 11.6. The molecule has 4 heterocycles. The fourth-order valence-corrected chi connectivity index (χ4v) is 6.04. The molecule has 0 spiro atoms. The highest BCUT2D eigenvalue weighted by Gasteiger charge is 2.33. The van der Waals surface area contributed by atoms with E-state index in [4.69, 9.17) is 17.2 Å². The van der Waals surface area contributed by atoms with Crippen LogP contribution >= 0.6 is 24.0 Å². The third-order valence-corrected chi connectivity index (χ3v) is 8.06. The number of carbonyl (C=O) groups excluding carboxylic acids is 1. The van der Waals surface area contributed by atoms with E-state index in [-0.39, 0.29) is 11.5 Å². The second-order valence-electron chi connectivity index (χ2n) is 9.97. The van der Waals surface area contributed by atoms with Gasteiger partial charge in [0.25, 0.3) is 11.5 Å². The van der Waals surface area contributed by atoms with Crippen molar-refractivity contribution in [2.45, 2.75) is 27.3 Å². The number of fused-ring (bicyclic) bond motifs is 1. The third-order valence-electron chi connectivity index (χ3n) is 6.68. The van der Waals surface area contributed by atoms with Crippen LogP contribution in [0.25, 0.3) is 11.7 Å². The van der Waals surface area contributed by atoms with E-state index in [1.54, 1.807) is 21.6 Å². The highest BCUT2D eigenvalue weighted by atomic mass is 32.2. The molecule has 2 saturated heterocycles. The molecule has 0 bridgehead atoms. The maximum absolute atomic E-state index is 13.8. The molecular weight excluding hydrogens is 502 g/mol. The molecule has 0 unspecified atom stereocenters. The van der Waals surface area contributed by atoms with Gasteiger partial charge in [-0.2, -0.15) is 0 Å². The first kappa shape index (κ1) is 25.6. The van der Waals surface area contributed by atoms with E-state index in [0.29, 0.717) is 38.7 Å². The SMILES string of the molecule is Cc1cccn2c(=O)c(/C=C3\SC(=S)N(CC(C)C)C3=O)c(N3CCN(Cc4ccccc4)CC3)nc12. The van der Waals surface area contributed by atoms with Crippen LogP contribution in [-0.2, 0) is 11.3 Å². The number of benzene rings is 1. The van der Waals surface area contributed by atoms with E-state index in [0.717, 1.165) is 38.3 Å². The Kier molecular flexibility index (Phi) is 7.46. The number of anilines is 1. The Balaban J connectivity index is 1.49. The van der Waals surface area contributed by atoms with Crippen molar-refractivity contribution >= 4 is 51.7 Å². The van der Waals surface area contributed by atoms with Gasteiger partial charge in [0.15, 0.2) is 0 Å². The topological polar surface area (TPSA) is 61.2 Å². The molecule has 192 valence electrons. The second kappa shape index (κ2) is 10.8. The summed E-state index contributed by atoms with van der Waals surface area (Å²) >= 11 is 6.75. The molecule has 7 nitrogen and oxygen atoms in total. The fourth-order valence-electron chi connectivity index (χ4n) is 4.78. The molecule has 0 radical (unpaired) electrons. The normalized spacial score (nSPS) is 18.1. The molecule has 9 heteroatoms. The van der Waals surface area contributed by atoms with Crippen LogP contribution in [0.1, 0.15) is 30.5 Å². The molecule has 0 N–H and O–H groups in total. The van der Waals surface area contributed by atoms with Crippen molar-refractivity contribution in [1.29, 1.82) is 0 Å². The van der Waals surface area contributed by atoms with Crippen molar-refractivity contribution in [1.82, 2.24) is 19.2 Å². The first-order valence-corrected chi connectivity index (χ1v) is 13.8. The maximum Gasteiger partial charge on any atom is 0.267 e. The lowest BCUT2D eigenvalue weighted by Crippen LogP contribution is -2.47. The molecule has 0 saturated carbocycles. The number of rotatable bonds is 6. The Labute approximate surface area is 226 Å². The highest BCUT2D eigenvalue weighted by Crippen LogP contribution is 2.34. The molecule has 0 atom stereocenters. The van der Waals surface area contributed by atoms with Crippen LogP contribution < -0.4 is 10.5 Å². The molecule has 37 heavy (non-hydrogen) atoms. The minimum absolute atomic E-state index is 0.143. The Morgan fingerprint density at radius 1 is 1.05 bits per heavy atom. The van der Waals surface area contributed by atoms with Gasteiger partial charge in [0.1, 0.15) is 15.8 Å². The van der Waals surface area contributed by atoms with Gasteiger partial charge in [-0.3, -0.25) is 23.8 Å². The monoisotopic (exact) mass is 533 g/mol. The summed E-state index contributed by atoms with van der Waals surface area (Å²) < 4.78 is 2.11. The van der Waals surface area contributed by atoms with Crippen LogP contribution in [0.2, 0.25) is 0 Å². The largest absolute Gasteiger partial charge is 0.353 e. The number of hydrogen-bond donors (Lipinski definition) is 0. The van der Waals surface area contributed by atoms with E-state index in [1.165, 1.54) is 17.3 Å². The average Bonchev–Trinajstić information content (AvgIpc) is 3.14. The lowest BCUT2D eigenvalue weighted by molar-refractivity contribution is -0.122.